The topological polar surface area (TPSA) is 68.2 Å². The molecule has 0 saturated carbocycles. The molecule has 2 aliphatic heterocycles. The second kappa shape index (κ2) is 9.69. The molecule has 0 aromatic heterocycles. The zero-order valence-corrected chi connectivity index (χ0v) is 19.1. The lowest BCUT2D eigenvalue weighted by Crippen LogP contribution is -2.46. The molecule has 1 atom stereocenters. The summed E-state index contributed by atoms with van der Waals surface area (Å²) in [4.78, 5) is 31.9. The fraction of sp³-hybridized carbons (Fsp3) is 0.522. The predicted octanol–water partition coefficient (Wildman–Crippen LogP) is 4.71. The van der Waals surface area contributed by atoms with E-state index < -0.39 is 12.0 Å². The van der Waals surface area contributed by atoms with E-state index in [1.807, 2.05) is 38.1 Å². The summed E-state index contributed by atoms with van der Waals surface area (Å²) in [5, 5.41) is 0.645. The summed E-state index contributed by atoms with van der Waals surface area (Å²) < 4.78 is 11.3. The average Bonchev–Trinajstić information content (AvgIpc) is 2.67. The van der Waals surface area contributed by atoms with Crippen LogP contribution < -0.4 is 4.74 Å². The van der Waals surface area contributed by atoms with Crippen molar-refractivity contribution in [1.29, 1.82) is 0 Å². The van der Waals surface area contributed by atoms with Crippen LogP contribution in [0.3, 0.4) is 0 Å². The van der Waals surface area contributed by atoms with E-state index >= 15 is 0 Å². The molecule has 3 rings (SSSR count). The zero-order chi connectivity index (χ0) is 21.8. The van der Waals surface area contributed by atoms with Gasteiger partial charge in [0.05, 0.1) is 30.0 Å². The molecule has 6 nitrogen and oxygen atoms in total. The van der Waals surface area contributed by atoms with Crippen molar-refractivity contribution in [1.82, 2.24) is 4.90 Å². The van der Waals surface area contributed by atoms with Gasteiger partial charge in [0.15, 0.2) is 5.17 Å². The summed E-state index contributed by atoms with van der Waals surface area (Å²) in [6, 6.07) is 7.07. The number of allylic oxidation sites excluding steroid dienone is 1. The van der Waals surface area contributed by atoms with Gasteiger partial charge in [-0.15, -0.1) is 0 Å². The van der Waals surface area contributed by atoms with Gasteiger partial charge in [-0.05, 0) is 50.8 Å². The number of amidine groups is 1. The van der Waals surface area contributed by atoms with Gasteiger partial charge < -0.3 is 9.47 Å². The van der Waals surface area contributed by atoms with Crippen LogP contribution in [-0.2, 0) is 14.3 Å². The minimum absolute atomic E-state index is 0.0305. The Morgan fingerprint density at radius 2 is 1.93 bits per heavy atom. The molecule has 7 heteroatoms. The number of rotatable bonds is 7. The van der Waals surface area contributed by atoms with Crippen LogP contribution in [0.2, 0.25) is 0 Å². The molecule has 2 aliphatic rings. The Bertz CT molecular complexity index is 858. The summed E-state index contributed by atoms with van der Waals surface area (Å²) in [6.07, 6.45) is 1.14. The normalized spacial score (nSPS) is 19.2. The molecule has 1 amide bonds. The third-order valence-electron chi connectivity index (χ3n) is 4.93. The standard InChI is InChI=1S/C23H30N2O4S/c1-14(2)10-12-28-18-8-6-17(7-9-18)21-20(22(27)29-15(3)4)16(5)24-23-25(21)19(26)11-13-30-23/h6-9,14-15,21H,10-13H2,1-5H3. The van der Waals surface area contributed by atoms with Gasteiger partial charge in [0.1, 0.15) is 5.75 Å². The number of hydrogen-bond acceptors (Lipinski definition) is 6. The van der Waals surface area contributed by atoms with Crippen LogP contribution in [-0.4, -0.2) is 40.4 Å². The molecule has 162 valence electrons. The molecule has 2 heterocycles. The van der Waals surface area contributed by atoms with Gasteiger partial charge in [0.2, 0.25) is 5.91 Å². The highest BCUT2D eigenvalue weighted by Crippen LogP contribution is 2.40. The van der Waals surface area contributed by atoms with E-state index in [2.05, 4.69) is 18.8 Å². The van der Waals surface area contributed by atoms with Crippen molar-refractivity contribution >= 4 is 28.8 Å². The second-order valence-electron chi connectivity index (χ2n) is 8.21. The molecule has 0 N–H and O–H groups in total. The van der Waals surface area contributed by atoms with Crippen LogP contribution >= 0.6 is 11.8 Å². The lowest BCUT2D eigenvalue weighted by molar-refractivity contribution is -0.143. The summed E-state index contributed by atoms with van der Waals surface area (Å²) in [5.74, 6) is 1.58. The van der Waals surface area contributed by atoms with E-state index in [1.165, 1.54) is 0 Å². The van der Waals surface area contributed by atoms with Gasteiger partial charge in [0, 0.05) is 12.2 Å². The lowest BCUT2D eigenvalue weighted by Gasteiger charge is -2.39. The number of thioether (sulfide) groups is 1. The molecule has 0 bridgehead atoms. The molecule has 1 aromatic rings. The molecular weight excluding hydrogens is 400 g/mol. The van der Waals surface area contributed by atoms with E-state index in [4.69, 9.17) is 9.47 Å². The van der Waals surface area contributed by atoms with Gasteiger partial charge in [-0.3, -0.25) is 9.69 Å². The summed E-state index contributed by atoms with van der Waals surface area (Å²) in [7, 11) is 0. The predicted molar refractivity (Wildman–Crippen MR) is 119 cm³/mol. The summed E-state index contributed by atoms with van der Waals surface area (Å²) in [5.41, 5.74) is 1.85. The highest BCUT2D eigenvalue weighted by atomic mass is 32.2. The largest absolute Gasteiger partial charge is 0.494 e. The first-order valence-electron chi connectivity index (χ1n) is 10.5. The number of carbonyl (C=O) groups is 2. The third kappa shape index (κ3) is 5.06. The van der Waals surface area contributed by atoms with Crippen molar-refractivity contribution in [3.63, 3.8) is 0 Å². The minimum atomic E-state index is -0.547. The SMILES string of the molecule is CC1=C(C(=O)OC(C)C)C(c2ccc(OCCC(C)C)cc2)N2C(=O)CCSC2=N1. The first-order chi connectivity index (χ1) is 14.3. The van der Waals surface area contributed by atoms with E-state index in [9.17, 15) is 9.59 Å². The van der Waals surface area contributed by atoms with Crippen LogP contribution in [0.5, 0.6) is 5.75 Å². The zero-order valence-electron chi connectivity index (χ0n) is 18.3. The number of hydrogen-bond donors (Lipinski definition) is 0. The van der Waals surface area contributed by atoms with Gasteiger partial charge in [-0.1, -0.05) is 37.7 Å². The Morgan fingerprint density at radius 1 is 1.23 bits per heavy atom. The highest BCUT2D eigenvalue weighted by Gasteiger charge is 2.41. The molecule has 1 aromatic carbocycles. The number of aliphatic imine (C=N–C) groups is 1. The van der Waals surface area contributed by atoms with Gasteiger partial charge >= 0.3 is 5.97 Å². The van der Waals surface area contributed by atoms with Crippen molar-refractivity contribution in [2.24, 2.45) is 10.9 Å². The highest BCUT2D eigenvalue weighted by molar-refractivity contribution is 8.14. The van der Waals surface area contributed by atoms with Crippen molar-refractivity contribution in [2.75, 3.05) is 12.4 Å². The number of esters is 1. The van der Waals surface area contributed by atoms with Crippen LogP contribution in [0.1, 0.15) is 59.1 Å². The van der Waals surface area contributed by atoms with E-state index in [0.717, 1.165) is 17.7 Å². The maximum atomic E-state index is 12.9. The number of carbonyl (C=O) groups excluding carboxylic acids is 2. The van der Waals surface area contributed by atoms with E-state index in [-0.39, 0.29) is 12.0 Å². The molecule has 1 fully saturated rings. The van der Waals surface area contributed by atoms with Crippen LogP contribution in [0, 0.1) is 5.92 Å². The quantitative estimate of drug-likeness (QED) is 0.586. The first-order valence-corrected chi connectivity index (χ1v) is 11.4. The number of nitrogens with zero attached hydrogens (tertiary/aromatic N) is 2. The molecule has 0 aliphatic carbocycles. The monoisotopic (exact) mass is 430 g/mol. The number of benzene rings is 1. The van der Waals surface area contributed by atoms with Gasteiger partial charge in [0.25, 0.3) is 0 Å². The van der Waals surface area contributed by atoms with E-state index in [0.29, 0.717) is 41.1 Å². The number of amides is 1. The van der Waals surface area contributed by atoms with Gasteiger partial charge in [-0.2, -0.15) is 0 Å². The average molecular weight is 431 g/mol. The fourth-order valence-electron chi connectivity index (χ4n) is 3.41. The first kappa shape index (κ1) is 22.4. The molecule has 1 saturated heterocycles. The van der Waals surface area contributed by atoms with Crippen LogP contribution in [0.15, 0.2) is 40.5 Å². The molecular formula is C23H30N2O4S. The van der Waals surface area contributed by atoms with Gasteiger partial charge in [-0.25, -0.2) is 9.79 Å². The van der Waals surface area contributed by atoms with Crippen molar-refractivity contribution in [3.8, 4) is 5.75 Å². The maximum absolute atomic E-state index is 12.9. The Hall–Kier alpha value is -2.28. The third-order valence-corrected chi connectivity index (χ3v) is 5.88. The Labute approximate surface area is 182 Å². The molecule has 0 spiro atoms. The molecule has 30 heavy (non-hydrogen) atoms. The van der Waals surface area contributed by atoms with Crippen molar-refractivity contribution < 1.29 is 19.1 Å². The smallest absolute Gasteiger partial charge is 0.338 e. The van der Waals surface area contributed by atoms with Crippen LogP contribution in [0.4, 0.5) is 0 Å². The Morgan fingerprint density at radius 3 is 2.57 bits per heavy atom. The minimum Gasteiger partial charge on any atom is -0.494 e. The lowest BCUT2D eigenvalue weighted by atomic mass is 9.94. The second-order valence-corrected chi connectivity index (χ2v) is 9.27. The van der Waals surface area contributed by atoms with Crippen LogP contribution in [0.25, 0.3) is 0 Å². The van der Waals surface area contributed by atoms with Crippen molar-refractivity contribution in [3.05, 3.63) is 41.1 Å². The summed E-state index contributed by atoms with van der Waals surface area (Å²) >= 11 is 1.54. The Kier molecular flexibility index (Phi) is 7.23. The Balaban J connectivity index is 1.94. The maximum Gasteiger partial charge on any atom is 0.338 e. The number of ether oxygens (including phenoxy) is 2. The number of fused-ring (bicyclic) bond motifs is 1. The summed E-state index contributed by atoms with van der Waals surface area (Å²) in [6.45, 7) is 10.4. The molecule has 0 radical (unpaired) electrons. The van der Waals surface area contributed by atoms with E-state index in [1.54, 1.807) is 23.6 Å². The molecule has 1 unspecified atom stereocenters. The van der Waals surface area contributed by atoms with Crippen molar-refractivity contribution in [2.45, 2.75) is 59.6 Å². The fourth-order valence-corrected chi connectivity index (χ4v) is 4.42.